The van der Waals surface area contributed by atoms with Crippen molar-refractivity contribution >= 4 is 50.0 Å². The first kappa shape index (κ1) is 26.4. The van der Waals surface area contributed by atoms with Crippen LogP contribution in [0, 0.1) is 6.92 Å². The molecule has 38 heavy (non-hydrogen) atoms. The Morgan fingerprint density at radius 2 is 1.82 bits per heavy atom. The number of aryl methyl sites for hydroxylation is 3. The van der Waals surface area contributed by atoms with Crippen LogP contribution in [-0.2, 0) is 23.0 Å². The first-order chi connectivity index (χ1) is 18.0. The number of aliphatic carboxylic acids is 1. The average Bonchev–Trinajstić information content (AvgIpc) is 3.42. The van der Waals surface area contributed by atoms with Crippen LogP contribution in [-0.4, -0.2) is 31.4 Å². The lowest BCUT2D eigenvalue weighted by molar-refractivity contribution is -0.160. The number of ether oxygens (including phenoxy) is 1. The number of aromatic nitrogens is 3. The van der Waals surface area contributed by atoms with Crippen LogP contribution in [0.4, 0.5) is 0 Å². The summed E-state index contributed by atoms with van der Waals surface area (Å²) >= 11 is 7.76. The summed E-state index contributed by atoms with van der Waals surface area (Å²) in [5.41, 5.74) is 6.40. The lowest BCUT2D eigenvalue weighted by Gasteiger charge is -2.28. The monoisotopic (exact) mass is 547 g/mol. The zero-order valence-corrected chi connectivity index (χ0v) is 23.9. The number of carboxylic acid groups (broad SMARTS) is 1. The molecule has 0 bridgehead atoms. The molecule has 0 aliphatic carbocycles. The zero-order chi connectivity index (χ0) is 27.4. The molecule has 0 fully saturated rings. The average molecular weight is 548 g/mol. The van der Waals surface area contributed by atoms with Crippen LogP contribution in [0.25, 0.3) is 42.8 Å². The molecule has 8 heteroatoms. The van der Waals surface area contributed by atoms with Gasteiger partial charge in [-0.1, -0.05) is 42.8 Å². The number of carbonyl (C=O) groups is 1. The van der Waals surface area contributed by atoms with Crippen LogP contribution in [0.3, 0.4) is 0 Å². The van der Waals surface area contributed by atoms with Gasteiger partial charge in [0, 0.05) is 34.1 Å². The van der Waals surface area contributed by atoms with E-state index in [4.69, 9.17) is 21.3 Å². The maximum absolute atomic E-state index is 12.5. The number of halogens is 1. The molecule has 3 aromatic carbocycles. The molecule has 1 atom stereocenters. The third-order valence-corrected chi connectivity index (χ3v) is 7.92. The Bertz CT molecular complexity index is 1680. The van der Waals surface area contributed by atoms with Gasteiger partial charge in [0.2, 0.25) is 0 Å². The second-order valence-corrected chi connectivity index (χ2v) is 11.9. The molecule has 0 radical (unpaired) electrons. The highest BCUT2D eigenvalue weighted by molar-refractivity contribution is 7.22. The molecule has 5 aromatic rings. The van der Waals surface area contributed by atoms with Crippen molar-refractivity contribution in [2.75, 3.05) is 0 Å². The van der Waals surface area contributed by atoms with Gasteiger partial charge in [-0.3, -0.25) is 4.68 Å². The molecule has 196 valence electrons. The van der Waals surface area contributed by atoms with E-state index in [-0.39, 0.29) is 0 Å². The number of fused-ring (bicyclic) bond motifs is 2. The van der Waals surface area contributed by atoms with Crippen molar-refractivity contribution in [3.63, 3.8) is 0 Å². The molecule has 1 N–H and O–H groups in total. The number of hydrogen-bond acceptors (Lipinski definition) is 5. The molecule has 0 saturated heterocycles. The Hall–Kier alpha value is -3.26. The van der Waals surface area contributed by atoms with Gasteiger partial charge < -0.3 is 9.84 Å². The van der Waals surface area contributed by atoms with Gasteiger partial charge in [-0.25, -0.2) is 9.78 Å². The Kier molecular flexibility index (Phi) is 6.80. The summed E-state index contributed by atoms with van der Waals surface area (Å²) in [6, 6.07) is 15.8. The van der Waals surface area contributed by atoms with Gasteiger partial charge in [0.1, 0.15) is 5.01 Å². The van der Waals surface area contributed by atoms with Crippen molar-refractivity contribution < 1.29 is 14.6 Å². The largest absolute Gasteiger partial charge is 0.479 e. The third kappa shape index (κ3) is 4.82. The maximum Gasteiger partial charge on any atom is 0.337 e. The Balaban J connectivity index is 1.77. The van der Waals surface area contributed by atoms with Gasteiger partial charge in [-0.2, -0.15) is 5.10 Å². The first-order valence-electron chi connectivity index (χ1n) is 12.5. The number of rotatable bonds is 6. The van der Waals surface area contributed by atoms with Crippen LogP contribution in [0.1, 0.15) is 50.6 Å². The van der Waals surface area contributed by atoms with Crippen molar-refractivity contribution in [2.45, 2.75) is 52.7 Å². The standard InChI is InChI=1S/C30H30ClN3O3S/c1-7-21-20-13-10-18(15-23(20)34(6)33-21)28-32-22-14-16(2)24(26(29(35)36)37-30(3,4)5)25(27(22)38-28)17-8-11-19(31)12-9-17/h8-15,26H,7H2,1-6H3,(H,35,36)/t26-/m0/s1. The first-order valence-corrected chi connectivity index (χ1v) is 13.7. The van der Waals surface area contributed by atoms with Crippen LogP contribution in [0.5, 0.6) is 0 Å². The van der Waals surface area contributed by atoms with E-state index in [0.29, 0.717) is 10.6 Å². The predicted octanol–water partition coefficient (Wildman–Crippen LogP) is 7.98. The third-order valence-electron chi connectivity index (χ3n) is 6.53. The molecule has 6 nitrogen and oxygen atoms in total. The van der Waals surface area contributed by atoms with E-state index in [1.807, 2.05) is 69.8 Å². The summed E-state index contributed by atoms with van der Waals surface area (Å²) in [6.07, 6.45) is -0.278. The normalized spacial score (nSPS) is 12.9. The number of nitrogens with zero attached hydrogens (tertiary/aromatic N) is 3. The Morgan fingerprint density at radius 1 is 1.13 bits per heavy atom. The van der Waals surface area contributed by atoms with E-state index >= 15 is 0 Å². The summed E-state index contributed by atoms with van der Waals surface area (Å²) in [4.78, 5) is 17.6. The fourth-order valence-corrected chi connectivity index (χ4v) is 6.14. The molecular weight excluding hydrogens is 518 g/mol. The van der Waals surface area contributed by atoms with Crippen LogP contribution in [0.15, 0.2) is 48.5 Å². The topological polar surface area (TPSA) is 77.2 Å². The van der Waals surface area contributed by atoms with Crippen molar-refractivity contribution in [2.24, 2.45) is 7.05 Å². The van der Waals surface area contributed by atoms with Gasteiger partial charge in [0.25, 0.3) is 0 Å². The van der Waals surface area contributed by atoms with E-state index in [0.717, 1.165) is 60.5 Å². The van der Waals surface area contributed by atoms with E-state index < -0.39 is 17.7 Å². The molecule has 2 heterocycles. The van der Waals surface area contributed by atoms with Gasteiger partial charge in [-0.15, -0.1) is 11.3 Å². The quantitative estimate of drug-likeness (QED) is 0.233. The minimum atomic E-state index is -1.14. The fraction of sp³-hybridized carbons (Fsp3) is 0.300. The fourth-order valence-electron chi connectivity index (χ4n) is 4.89. The number of hydrogen-bond donors (Lipinski definition) is 1. The van der Waals surface area contributed by atoms with Crippen molar-refractivity contribution in [1.29, 1.82) is 0 Å². The van der Waals surface area contributed by atoms with Gasteiger partial charge >= 0.3 is 5.97 Å². The van der Waals surface area contributed by atoms with Gasteiger partial charge in [0.05, 0.1) is 27.0 Å². The lowest BCUT2D eigenvalue weighted by atomic mass is 9.91. The molecule has 0 aliphatic rings. The minimum Gasteiger partial charge on any atom is -0.479 e. The lowest BCUT2D eigenvalue weighted by Crippen LogP contribution is -2.28. The van der Waals surface area contributed by atoms with Crippen LogP contribution in [0.2, 0.25) is 5.02 Å². The van der Waals surface area contributed by atoms with Crippen molar-refractivity contribution in [1.82, 2.24) is 14.8 Å². The second kappa shape index (κ2) is 9.80. The highest BCUT2D eigenvalue weighted by atomic mass is 35.5. The predicted molar refractivity (Wildman–Crippen MR) is 155 cm³/mol. The van der Waals surface area contributed by atoms with E-state index in [1.165, 1.54) is 0 Å². The molecule has 2 aromatic heterocycles. The smallest absolute Gasteiger partial charge is 0.337 e. The van der Waals surface area contributed by atoms with E-state index in [1.54, 1.807) is 11.3 Å². The summed E-state index contributed by atoms with van der Waals surface area (Å²) in [5.74, 6) is -1.03. The van der Waals surface area contributed by atoms with Gasteiger partial charge in [-0.05, 0) is 69.5 Å². The number of carboxylic acids is 1. The Labute approximate surface area is 230 Å². The summed E-state index contributed by atoms with van der Waals surface area (Å²) in [6.45, 7) is 9.62. The van der Waals surface area contributed by atoms with Crippen molar-refractivity contribution in [3.05, 3.63) is 70.4 Å². The summed E-state index contributed by atoms with van der Waals surface area (Å²) < 4.78 is 8.93. The maximum atomic E-state index is 12.5. The minimum absolute atomic E-state index is 0.612. The SMILES string of the molecule is CCc1nn(C)c2cc(-c3nc4cc(C)c([C@H](OC(C)(C)C)C(=O)O)c(-c5ccc(Cl)cc5)c4s3)ccc12. The zero-order valence-electron chi connectivity index (χ0n) is 22.3. The molecule has 0 aliphatic heterocycles. The molecule has 0 spiro atoms. The second-order valence-electron chi connectivity index (χ2n) is 10.5. The van der Waals surface area contributed by atoms with E-state index in [2.05, 4.69) is 30.2 Å². The summed E-state index contributed by atoms with van der Waals surface area (Å²) in [7, 11) is 1.96. The van der Waals surface area contributed by atoms with Crippen LogP contribution < -0.4 is 0 Å². The number of thiazole rings is 1. The number of benzene rings is 3. The van der Waals surface area contributed by atoms with E-state index in [9.17, 15) is 9.90 Å². The molecule has 0 saturated carbocycles. The van der Waals surface area contributed by atoms with Crippen molar-refractivity contribution in [3.8, 4) is 21.7 Å². The Morgan fingerprint density at radius 3 is 2.45 bits per heavy atom. The highest BCUT2D eigenvalue weighted by Gasteiger charge is 2.32. The van der Waals surface area contributed by atoms with Crippen LogP contribution >= 0.6 is 22.9 Å². The molecular formula is C30H30ClN3O3S. The van der Waals surface area contributed by atoms with Gasteiger partial charge in [0.15, 0.2) is 6.10 Å². The molecule has 0 unspecified atom stereocenters. The molecule has 5 rings (SSSR count). The summed E-state index contributed by atoms with van der Waals surface area (Å²) in [5, 5.41) is 17.5. The molecule has 0 amide bonds. The highest BCUT2D eigenvalue weighted by Crippen LogP contribution is 2.44.